The molecule has 0 aliphatic carbocycles. The molecule has 0 fully saturated rings. The third-order valence-electron chi connectivity index (χ3n) is 4.40. The van der Waals surface area contributed by atoms with Crippen molar-refractivity contribution in [2.75, 3.05) is 5.32 Å². The number of carbonyl (C=O) groups is 1. The maximum absolute atomic E-state index is 14.0. The van der Waals surface area contributed by atoms with Crippen LogP contribution in [0.5, 0.6) is 0 Å². The van der Waals surface area contributed by atoms with Crippen LogP contribution in [0.25, 0.3) is 28.4 Å². The quantitative estimate of drug-likeness (QED) is 0.492. The highest BCUT2D eigenvalue weighted by Gasteiger charge is 2.14. The van der Waals surface area contributed by atoms with Crippen LogP contribution in [0.15, 0.2) is 77.7 Å². The lowest BCUT2D eigenvalue weighted by atomic mass is 10.2. The molecule has 5 rings (SSSR count). The zero-order valence-corrected chi connectivity index (χ0v) is 15.4. The number of halogens is 1. The summed E-state index contributed by atoms with van der Waals surface area (Å²) in [4.78, 5) is 21.3. The van der Waals surface area contributed by atoms with Gasteiger partial charge in [0.15, 0.2) is 5.58 Å². The summed E-state index contributed by atoms with van der Waals surface area (Å²) in [6, 6.07) is 16.3. The highest BCUT2D eigenvalue weighted by Crippen LogP contribution is 2.27. The maximum Gasteiger partial charge on any atom is 0.274 e. The molecule has 1 N–H and O–H groups in total. The van der Waals surface area contributed by atoms with Crippen LogP contribution in [0, 0.1) is 5.82 Å². The number of oxazole rings is 1. The Balaban J connectivity index is 1.41. The van der Waals surface area contributed by atoms with E-state index in [1.165, 1.54) is 18.7 Å². The molecule has 0 aliphatic heterocycles. The van der Waals surface area contributed by atoms with Gasteiger partial charge in [-0.25, -0.2) is 14.4 Å². The number of amides is 1. The topological polar surface area (TPSA) is 98.7 Å². The average molecular weight is 400 g/mol. The lowest BCUT2D eigenvalue weighted by Gasteiger charge is -2.06. The van der Waals surface area contributed by atoms with Crippen molar-refractivity contribution in [2.45, 2.75) is 0 Å². The molecule has 0 saturated carbocycles. The highest BCUT2D eigenvalue weighted by molar-refractivity contribution is 6.03. The Hall–Kier alpha value is -4.40. The Morgan fingerprint density at radius 2 is 1.80 bits per heavy atom. The lowest BCUT2D eigenvalue weighted by Crippen LogP contribution is -2.14. The van der Waals surface area contributed by atoms with Crippen molar-refractivity contribution in [3.8, 4) is 17.3 Å². The molecular formula is C21H13FN6O2. The molecule has 0 radical (unpaired) electrons. The standard InChI is InChI=1S/C21H13FN6O2/c22-15-5-2-1-4-14(15)21-27-17-10-13(8-9-18(17)30-21)25-20(29)16-6-3-7-19(26-16)28-11-23-24-12-28/h1-12H,(H,25,29). The molecule has 0 unspecified atom stereocenters. The number of anilines is 1. The molecule has 146 valence electrons. The second-order valence-corrected chi connectivity index (χ2v) is 6.39. The normalized spacial score (nSPS) is 11.0. The second kappa shape index (κ2) is 7.21. The van der Waals surface area contributed by atoms with Crippen LogP contribution in [0.1, 0.15) is 10.5 Å². The first kappa shape index (κ1) is 17.7. The fourth-order valence-corrected chi connectivity index (χ4v) is 2.96. The summed E-state index contributed by atoms with van der Waals surface area (Å²) in [6.07, 6.45) is 2.99. The van der Waals surface area contributed by atoms with Gasteiger partial charge in [-0.1, -0.05) is 18.2 Å². The summed E-state index contributed by atoms with van der Waals surface area (Å²) in [5.74, 6) is -0.109. The monoisotopic (exact) mass is 400 g/mol. The van der Waals surface area contributed by atoms with Gasteiger partial charge in [-0.3, -0.25) is 9.36 Å². The minimum atomic E-state index is -0.420. The Kier molecular flexibility index (Phi) is 4.25. The van der Waals surface area contributed by atoms with Crippen LogP contribution >= 0.6 is 0 Å². The van der Waals surface area contributed by atoms with E-state index >= 15 is 0 Å². The number of aromatic nitrogens is 5. The number of hydrogen-bond donors (Lipinski definition) is 1. The van der Waals surface area contributed by atoms with Gasteiger partial charge in [-0.15, -0.1) is 10.2 Å². The van der Waals surface area contributed by atoms with Crippen molar-refractivity contribution in [1.29, 1.82) is 0 Å². The number of nitrogens with one attached hydrogen (secondary N) is 1. The molecule has 0 saturated heterocycles. The van der Waals surface area contributed by atoms with E-state index in [-0.39, 0.29) is 23.1 Å². The molecule has 5 aromatic rings. The number of rotatable bonds is 4. The second-order valence-electron chi connectivity index (χ2n) is 6.39. The molecule has 2 aromatic carbocycles. The van der Waals surface area contributed by atoms with Crippen LogP contribution in [0.4, 0.5) is 10.1 Å². The maximum atomic E-state index is 14.0. The van der Waals surface area contributed by atoms with Gasteiger partial charge >= 0.3 is 0 Å². The van der Waals surface area contributed by atoms with Crippen LogP contribution in [-0.2, 0) is 0 Å². The van der Waals surface area contributed by atoms with Gasteiger partial charge < -0.3 is 9.73 Å². The summed E-state index contributed by atoms with van der Waals surface area (Å²) < 4.78 is 21.2. The van der Waals surface area contributed by atoms with E-state index in [1.807, 2.05) is 0 Å². The number of fused-ring (bicyclic) bond motifs is 1. The van der Waals surface area contributed by atoms with Crippen molar-refractivity contribution in [3.05, 3.63) is 84.8 Å². The molecule has 0 bridgehead atoms. The fourth-order valence-electron chi connectivity index (χ4n) is 2.96. The van der Waals surface area contributed by atoms with Crippen LogP contribution < -0.4 is 5.32 Å². The molecule has 8 nitrogen and oxygen atoms in total. The Morgan fingerprint density at radius 3 is 2.63 bits per heavy atom. The third kappa shape index (κ3) is 3.28. The van der Waals surface area contributed by atoms with Gasteiger partial charge in [0, 0.05) is 5.69 Å². The Morgan fingerprint density at radius 1 is 0.967 bits per heavy atom. The molecule has 30 heavy (non-hydrogen) atoms. The van der Waals surface area contributed by atoms with Crippen LogP contribution in [-0.4, -0.2) is 30.6 Å². The Bertz CT molecular complexity index is 1360. The van der Waals surface area contributed by atoms with Crippen molar-refractivity contribution >= 4 is 22.7 Å². The van der Waals surface area contributed by atoms with Gasteiger partial charge in [-0.05, 0) is 42.5 Å². The average Bonchev–Trinajstić information content (AvgIpc) is 3.44. The largest absolute Gasteiger partial charge is 0.436 e. The van der Waals surface area contributed by atoms with E-state index in [0.29, 0.717) is 22.6 Å². The van der Waals surface area contributed by atoms with Crippen molar-refractivity contribution in [1.82, 2.24) is 24.7 Å². The molecule has 0 atom stereocenters. The smallest absolute Gasteiger partial charge is 0.274 e. The number of benzene rings is 2. The first-order valence-electron chi connectivity index (χ1n) is 8.96. The molecular weight excluding hydrogens is 387 g/mol. The molecule has 0 aliphatic rings. The van der Waals surface area contributed by atoms with Gasteiger partial charge in [0.05, 0.1) is 5.56 Å². The zero-order valence-electron chi connectivity index (χ0n) is 15.4. The van der Waals surface area contributed by atoms with E-state index < -0.39 is 5.82 Å². The number of hydrogen-bond acceptors (Lipinski definition) is 6. The van der Waals surface area contributed by atoms with E-state index in [9.17, 15) is 9.18 Å². The molecule has 3 heterocycles. The SMILES string of the molecule is O=C(Nc1ccc2oc(-c3ccccc3F)nc2c1)c1cccc(-n2cnnc2)n1. The van der Waals surface area contributed by atoms with Gasteiger partial charge in [-0.2, -0.15) is 0 Å². The summed E-state index contributed by atoms with van der Waals surface area (Å²) >= 11 is 0. The molecule has 1 amide bonds. The van der Waals surface area contributed by atoms with E-state index in [4.69, 9.17) is 4.42 Å². The van der Waals surface area contributed by atoms with Crippen molar-refractivity contribution in [2.24, 2.45) is 0 Å². The van der Waals surface area contributed by atoms with E-state index in [1.54, 1.807) is 59.2 Å². The predicted molar refractivity (Wildman–Crippen MR) is 107 cm³/mol. The first-order chi connectivity index (χ1) is 14.7. The van der Waals surface area contributed by atoms with Crippen molar-refractivity contribution < 1.29 is 13.6 Å². The van der Waals surface area contributed by atoms with Crippen LogP contribution in [0.2, 0.25) is 0 Å². The lowest BCUT2D eigenvalue weighted by molar-refractivity contribution is 0.102. The summed E-state index contributed by atoms with van der Waals surface area (Å²) in [5, 5.41) is 10.2. The molecule has 0 spiro atoms. The fraction of sp³-hybridized carbons (Fsp3) is 0. The summed E-state index contributed by atoms with van der Waals surface area (Å²) in [5.41, 5.74) is 2.00. The number of nitrogens with zero attached hydrogens (tertiary/aromatic N) is 5. The third-order valence-corrected chi connectivity index (χ3v) is 4.40. The first-order valence-corrected chi connectivity index (χ1v) is 8.96. The predicted octanol–water partition coefficient (Wildman–Crippen LogP) is 3.86. The minimum absolute atomic E-state index is 0.176. The van der Waals surface area contributed by atoms with E-state index in [2.05, 4.69) is 25.5 Å². The zero-order chi connectivity index (χ0) is 20.5. The van der Waals surface area contributed by atoms with Gasteiger partial charge in [0.1, 0.15) is 35.5 Å². The van der Waals surface area contributed by atoms with E-state index in [0.717, 1.165) is 0 Å². The minimum Gasteiger partial charge on any atom is -0.436 e. The molecule has 9 heteroatoms. The summed E-state index contributed by atoms with van der Waals surface area (Å²) in [6.45, 7) is 0. The highest BCUT2D eigenvalue weighted by atomic mass is 19.1. The summed E-state index contributed by atoms with van der Waals surface area (Å²) in [7, 11) is 0. The van der Waals surface area contributed by atoms with Gasteiger partial charge in [0.25, 0.3) is 5.91 Å². The van der Waals surface area contributed by atoms with Crippen molar-refractivity contribution in [3.63, 3.8) is 0 Å². The van der Waals surface area contributed by atoms with Gasteiger partial charge in [0.2, 0.25) is 5.89 Å². The van der Waals surface area contributed by atoms with Crippen LogP contribution in [0.3, 0.4) is 0 Å². The Labute approximate surface area is 169 Å². The number of carbonyl (C=O) groups excluding carboxylic acids is 1. The molecule has 3 aromatic heterocycles. The number of pyridine rings is 1.